The van der Waals surface area contributed by atoms with Crippen molar-refractivity contribution in [2.45, 2.75) is 38.8 Å². The average Bonchev–Trinajstić information content (AvgIpc) is 3.81. The van der Waals surface area contributed by atoms with Gasteiger partial charge in [0.05, 0.1) is 11.1 Å². The van der Waals surface area contributed by atoms with Crippen LogP contribution in [0.1, 0.15) is 60.9 Å². The number of halogens is 1. The van der Waals surface area contributed by atoms with Crippen LogP contribution in [0.2, 0.25) is 0 Å². The van der Waals surface area contributed by atoms with Crippen molar-refractivity contribution in [2.75, 3.05) is 6.54 Å². The number of hydrogen-bond acceptors (Lipinski definition) is 3. The number of amides is 2. The molecular weight excluding hydrogens is 531 g/mol. The third kappa shape index (κ3) is 5.18. The van der Waals surface area contributed by atoms with Gasteiger partial charge in [0.25, 0.3) is 5.91 Å². The Bertz CT molecular complexity index is 1700. The lowest BCUT2D eigenvalue weighted by atomic mass is 9.85. The number of aromatic carboxylic acids is 1. The van der Waals surface area contributed by atoms with Gasteiger partial charge in [0, 0.05) is 25.6 Å². The Kier molecular flexibility index (Phi) is 7.33. The number of hydrogen-bond donors (Lipinski definition) is 2. The number of fused-ring (bicyclic) bond motifs is 1. The van der Waals surface area contributed by atoms with E-state index in [1.807, 2.05) is 36.4 Å². The first-order chi connectivity index (χ1) is 20.3. The maximum Gasteiger partial charge on any atom is 0.335 e. The van der Waals surface area contributed by atoms with Gasteiger partial charge >= 0.3 is 5.97 Å². The molecule has 1 saturated carbocycles. The minimum absolute atomic E-state index is 0.00165. The van der Waals surface area contributed by atoms with E-state index in [1.54, 1.807) is 36.1 Å². The summed E-state index contributed by atoms with van der Waals surface area (Å²) in [5, 5.41) is 12.8. The number of carboxylic acid groups (broad SMARTS) is 1. The second-order valence-electron chi connectivity index (χ2n) is 11.0. The van der Waals surface area contributed by atoms with E-state index in [1.165, 1.54) is 17.7 Å². The monoisotopic (exact) mass is 562 g/mol. The fraction of sp³-hybridized carbons (Fsp3) is 0.229. The fourth-order valence-corrected chi connectivity index (χ4v) is 6.16. The fourth-order valence-electron chi connectivity index (χ4n) is 6.16. The minimum Gasteiger partial charge on any atom is -0.478 e. The Balaban J connectivity index is 1.31. The van der Waals surface area contributed by atoms with Gasteiger partial charge in [0.1, 0.15) is 5.82 Å². The van der Waals surface area contributed by atoms with Crippen LogP contribution in [0.25, 0.3) is 11.1 Å². The second-order valence-corrected chi connectivity index (χ2v) is 11.0. The summed E-state index contributed by atoms with van der Waals surface area (Å²) in [6.07, 6.45) is 1.33. The lowest BCUT2D eigenvalue weighted by Gasteiger charge is -2.32. The van der Waals surface area contributed by atoms with E-state index >= 15 is 0 Å². The molecule has 42 heavy (non-hydrogen) atoms. The van der Waals surface area contributed by atoms with Gasteiger partial charge in [-0.3, -0.25) is 9.59 Å². The molecule has 0 bridgehead atoms. The third-order valence-electron chi connectivity index (χ3n) is 8.56. The van der Waals surface area contributed by atoms with Crippen LogP contribution >= 0.6 is 0 Å². The first-order valence-corrected chi connectivity index (χ1v) is 14.2. The summed E-state index contributed by atoms with van der Waals surface area (Å²) in [4.78, 5) is 39.9. The molecule has 212 valence electrons. The zero-order valence-electron chi connectivity index (χ0n) is 23.3. The summed E-state index contributed by atoms with van der Waals surface area (Å²) in [6.45, 7) is 2.75. The number of rotatable bonds is 7. The molecule has 1 aliphatic heterocycles. The molecule has 7 heteroatoms. The van der Waals surface area contributed by atoms with Gasteiger partial charge in [-0.15, -0.1) is 0 Å². The van der Waals surface area contributed by atoms with E-state index in [9.17, 15) is 23.9 Å². The average molecular weight is 563 g/mol. The summed E-state index contributed by atoms with van der Waals surface area (Å²) in [5.41, 5.74) is 6.62. The topological polar surface area (TPSA) is 86.7 Å². The number of carbonyl (C=O) groups excluding carboxylic acids is 2. The van der Waals surface area contributed by atoms with Crippen molar-refractivity contribution >= 4 is 17.8 Å². The summed E-state index contributed by atoms with van der Waals surface area (Å²) in [6, 6.07) is 25.2. The molecule has 4 aromatic rings. The van der Waals surface area contributed by atoms with E-state index in [-0.39, 0.29) is 41.3 Å². The number of benzene rings is 4. The largest absolute Gasteiger partial charge is 0.478 e. The van der Waals surface area contributed by atoms with Gasteiger partial charge in [-0.2, -0.15) is 0 Å². The van der Waals surface area contributed by atoms with E-state index in [4.69, 9.17) is 0 Å². The standard InChI is InChI=1S/C35H31FN2O4/c1-21-24(11-7-12-25(21)35(41)42)26-15-14-23(19-37-33(39)30-18-29(30)22-8-3-2-4-9-22)31-20-38(17-16-27(26)31)34(40)28-10-5-6-13-32(28)36/h2-15,29-30H,16-20H2,1H3,(H,37,39)(H,41,42). The molecule has 1 heterocycles. The molecule has 0 aromatic heterocycles. The molecule has 1 fully saturated rings. The summed E-state index contributed by atoms with van der Waals surface area (Å²) >= 11 is 0. The van der Waals surface area contributed by atoms with Crippen LogP contribution in [0.5, 0.6) is 0 Å². The predicted molar refractivity (Wildman–Crippen MR) is 158 cm³/mol. The highest BCUT2D eigenvalue weighted by atomic mass is 19.1. The van der Waals surface area contributed by atoms with Gasteiger partial charge in [0.2, 0.25) is 5.91 Å². The molecule has 0 saturated heterocycles. The number of carbonyl (C=O) groups is 3. The lowest BCUT2D eigenvalue weighted by molar-refractivity contribution is -0.122. The van der Waals surface area contributed by atoms with Crippen molar-refractivity contribution in [1.29, 1.82) is 0 Å². The van der Waals surface area contributed by atoms with Crippen LogP contribution in [0.3, 0.4) is 0 Å². The smallest absolute Gasteiger partial charge is 0.335 e. The zero-order valence-corrected chi connectivity index (χ0v) is 23.3. The molecule has 6 nitrogen and oxygen atoms in total. The Morgan fingerprint density at radius 2 is 1.62 bits per heavy atom. The van der Waals surface area contributed by atoms with Crippen LogP contribution in [0.4, 0.5) is 4.39 Å². The first-order valence-electron chi connectivity index (χ1n) is 14.2. The molecular formula is C35H31FN2O4. The van der Waals surface area contributed by atoms with E-state index in [2.05, 4.69) is 17.4 Å². The Morgan fingerprint density at radius 1 is 0.881 bits per heavy atom. The molecule has 2 aliphatic rings. The Labute approximate surface area is 243 Å². The van der Waals surface area contributed by atoms with Gasteiger partial charge in [-0.1, -0.05) is 66.7 Å². The second kappa shape index (κ2) is 11.2. The van der Waals surface area contributed by atoms with E-state index in [0.717, 1.165) is 34.2 Å². The number of nitrogens with one attached hydrogen (secondary N) is 1. The summed E-state index contributed by atoms with van der Waals surface area (Å²) in [7, 11) is 0. The molecule has 6 rings (SSSR count). The van der Waals surface area contributed by atoms with Crippen LogP contribution in [-0.4, -0.2) is 34.3 Å². The van der Waals surface area contributed by atoms with Crippen molar-refractivity contribution < 1.29 is 23.9 Å². The van der Waals surface area contributed by atoms with Crippen molar-refractivity contribution in [3.8, 4) is 11.1 Å². The van der Waals surface area contributed by atoms with Crippen LogP contribution in [0.15, 0.2) is 84.9 Å². The molecule has 4 aromatic carbocycles. The van der Waals surface area contributed by atoms with Crippen LogP contribution < -0.4 is 5.32 Å². The lowest BCUT2D eigenvalue weighted by Crippen LogP contribution is -2.37. The predicted octanol–water partition coefficient (Wildman–Crippen LogP) is 6.12. The highest BCUT2D eigenvalue weighted by Gasteiger charge is 2.43. The summed E-state index contributed by atoms with van der Waals surface area (Å²) in [5.74, 6) is -1.77. The molecule has 2 N–H and O–H groups in total. The summed E-state index contributed by atoms with van der Waals surface area (Å²) < 4.78 is 14.5. The molecule has 0 radical (unpaired) electrons. The van der Waals surface area contributed by atoms with Crippen molar-refractivity contribution in [2.24, 2.45) is 5.92 Å². The number of carboxylic acids is 1. The highest BCUT2D eigenvalue weighted by Crippen LogP contribution is 2.47. The van der Waals surface area contributed by atoms with Crippen molar-refractivity contribution in [1.82, 2.24) is 10.2 Å². The van der Waals surface area contributed by atoms with Gasteiger partial charge in [0.15, 0.2) is 0 Å². The van der Waals surface area contributed by atoms with Crippen molar-refractivity contribution in [3.63, 3.8) is 0 Å². The van der Waals surface area contributed by atoms with Crippen LogP contribution in [0, 0.1) is 18.7 Å². The zero-order chi connectivity index (χ0) is 29.4. The molecule has 0 spiro atoms. The molecule has 2 amide bonds. The van der Waals surface area contributed by atoms with Gasteiger partial charge < -0.3 is 15.3 Å². The van der Waals surface area contributed by atoms with Crippen molar-refractivity contribution in [3.05, 3.63) is 130 Å². The third-order valence-corrected chi connectivity index (χ3v) is 8.56. The molecule has 2 unspecified atom stereocenters. The van der Waals surface area contributed by atoms with E-state index in [0.29, 0.717) is 25.1 Å². The molecule has 2 atom stereocenters. The van der Waals surface area contributed by atoms with Gasteiger partial charge in [-0.25, -0.2) is 9.18 Å². The Hall–Kier alpha value is -4.78. The first kappa shape index (κ1) is 27.4. The Morgan fingerprint density at radius 3 is 2.38 bits per heavy atom. The quantitative estimate of drug-likeness (QED) is 0.284. The number of nitrogens with zero attached hydrogens (tertiary/aromatic N) is 1. The SMILES string of the molecule is Cc1c(C(=O)O)cccc1-c1ccc(CNC(=O)C2CC2c2ccccc2)c2c1CCN(C(=O)c1ccccc1F)C2. The van der Waals surface area contributed by atoms with Gasteiger partial charge in [-0.05, 0) is 82.8 Å². The minimum atomic E-state index is -0.988. The van der Waals surface area contributed by atoms with E-state index < -0.39 is 11.8 Å². The van der Waals surface area contributed by atoms with Crippen LogP contribution in [-0.2, 0) is 24.3 Å². The molecule has 1 aliphatic carbocycles. The maximum atomic E-state index is 14.5. The highest BCUT2D eigenvalue weighted by molar-refractivity contribution is 5.95. The maximum absolute atomic E-state index is 14.5. The normalized spacial score (nSPS) is 17.3.